The molecule has 0 unspecified atom stereocenters. The monoisotopic (exact) mass is 257 g/mol. The van der Waals surface area contributed by atoms with Gasteiger partial charge in [0.15, 0.2) is 0 Å². The van der Waals surface area contributed by atoms with Crippen molar-refractivity contribution in [3.8, 4) is 0 Å². The second-order valence-corrected chi connectivity index (χ2v) is 5.45. The number of hydrogen-bond acceptors (Lipinski definition) is 2. The van der Waals surface area contributed by atoms with Crippen LogP contribution in [0.3, 0.4) is 0 Å². The molecule has 1 heterocycles. The number of rotatable bonds is 3. The maximum atomic E-state index is 12.2. The van der Waals surface area contributed by atoms with Crippen LogP contribution in [0.25, 0.3) is 0 Å². The average molecular weight is 257 g/mol. The number of nitrogen functional groups attached to an aromatic ring is 1. The molecule has 1 aliphatic carbocycles. The first-order valence-electron chi connectivity index (χ1n) is 6.68. The first-order chi connectivity index (χ1) is 9.08. The van der Waals surface area contributed by atoms with E-state index in [4.69, 9.17) is 5.73 Å². The molecule has 2 N–H and O–H groups in total. The maximum Gasteiger partial charge on any atom is 0.290 e. The van der Waals surface area contributed by atoms with Crippen LogP contribution in [0, 0.1) is 6.92 Å². The van der Waals surface area contributed by atoms with Crippen LogP contribution in [0.4, 0.5) is 5.69 Å². The molecule has 0 bridgehead atoms. The van der Waals surface area contributed by atoms with E-state index in [-0.39, 0.29) is 5.56 Å². The molecule has 0 saturated heterocycles. The molecule has 0 spiro atoms. The fourth-order valence-electron chi connectivity index (χ4n) is 2.57. The molecule has 19 heavy (non-hydrogen) atoms. The molecule has 1 aromatic carbocycles. The molecule has 4 heteroatoms. The van der Waals surface area contributed by atoms with Gasteiger partial charge >= 0.3 is 0 Å². The Morgan fingerprint density at radius 2 is 1.89 bits per heavy atom. The summed E-state index contributed by atoms with van der Waals surface area (Å²) in [7, 11) is 1.93. The quantitative estimate of drug-likeness (QED) is 0.914. The van der Waals surface area contributed by atoms with Crippen LogP contribution in [0.15, 0.2) is 29.1 Å². The third-order valence-corrected chi connectivity index (χ3v) is 3.87. The zero-order valence-electron chi connectivity index (χ0n) is 11.4. The van der Waals surface area contributed by atoms with Gasteiger partial charge in [0.1, 0.15) is 5.69 Å². The Bertz CT molecular complexity index is 660. The normalized spacial score (nSPS) is 14.8. The number of anilines is 1. The topological polar surface area (TPSA) is 52.9 Å². The van der Waals surface area contributed by atoms with E-state index < -0.39 is 0 Å². The van der Waals surface area contributed by atoms with Crippen LogP contribution in [-0.2, 0) is 13.6 Å². The molecule has 1 fully saturated rings. The Balaban J connectivity index is 1.99. The van der Waals surface area contributed by atoms with Gasteiger partial charge in [0.05, 0.1) is 12.2 Å². The average Bonchev–Trinajstić information content (AvgIpc) is 3.18. The van der Waals surface area contributed by atoms with Crippen molar-refractivity contribution in [3.05, 3.63) is 51.4 Å². The summed E-state index contributed by atoms with van der Waals surface area (Å²) in [5.74, 6) is 0.483. The number of nitrogens with zero attached hydrogens (tertiary/aromatic N) is 2. The van der Waals surface area contributed by atoms with Crippen molar-refractivity contribution in [2.75, 3.05) is 5.73 Å². The van der Waals surface area contributed by atoms with Crippen molar-refractivity contribution >= 4 is 5.69 Å². The molecule has 1 aromatic heterocycles. The second-order valence-electron chi connectivity index (χ2n) is 5.45. The molecule has 3 rings (SSSR count). The van der Waals surface area contributed by atoms with E-state index in [0.717, 1.165) is 24.1 Å². The SMILES string of the molecule is Cc1ccc(Cn2c(=O)c(N)c(C3CC3)n2C)cc1. The van der Waals surface area contributed by atoms with Gasteiger partial charge in [-0.2, -0.15) is 0 Å². The predicted octanol–water partition coefficient (Wildman–Crippen LogP) is 2.00. The Hall–Kier alpha value is -1.97. The molecular formula is C15H19N3O. The molecular weight excluding hydrogens is 238 g/mol. The van der Waals surface area contributed by atoms with Crippen LogP contribution in [0.5, 0.6) is 0 Å². The van der Waals surface area contributed by atoms with Gasteiger partial charge in [-0.3, -0.25) is 9.48 Å². The summed E-state index contributed by atoms with van der Waals surface area (Å²) in [6.45, 7) is 2.63. The zero-order chi connectivity index (χ0) is 13.6. The van der Waals surface area contributed by atoms with Crippen molar-refractivity contribution in [2.24, 2.45) is 7.05 Å². The number of aromatic nitrogens is 2. The number of aryl methyl sites for hydroxylation is 1. The lowest BCUT2D eigenvalue weighted by Gasteiger charge is -2.09. The summed E-state index contributed by atoms with van der Waals surface area (Å²) in [5, 5.41) is 0. The molecule has 0 atom stereocenters. The molecule has 0 amide bonds. The van der Waals surface area contributed by atoms with Crippen LogP contribution in [0.1, 0.15) is 35.6 Å². The van der Waals surface area contributed by atoms with E-state index in [1.54, 1.807) is 4.68 Å². The summed E-state index contributed by atoms with van der Waals surface area (Å²) in [6, 6.07) is 8.24. The Labute approximate surface area is 112 Å². The standard InChI is InChI=1S/C15H19N3O/c1-10-3-5-11(6-4-10)9-18-15(19)13(16)14(17(18)2)12-7-8-12/h3-6,12H,7-9,16H2,1-2H3. The highest BCUT2D eigenvalue weighted by Crippen LogP contribution is 2.41. The Morgan fingerprint density at radius 1 is 1.26 bits per heavy atom. The molecule has 4 nitrogen and oxygen atoms in total. The smallest absolute Gasteiger partial charge is 0.290 e. The van der Waals surface area contributed by atoms with Gasteiger partial charge in [0.2, 0.25) is 0 Å². The van der Waals surface area contributed by atoms with Gasteiger partial charge in [-0.15, -0.1) is 0 Å². The number of benzene rings is 1. The minimum absolute atomic E-state index is 0.0648. The molecule has 0 aliphatic heterocycles. The van der Waals surface area contributed by atoms with Gasteiger partial charge in [-0.25, -0.2) is 4.68 Å². The van der Waals surface area contributed by atoms with Crippen molar-refractivity contribution in [1.82, 2.24) is 9.36 Å². The van der Waals surface area contributed by atoms with E-state index in [1.807, 2.05) is 11.7 Å². The lowest BCUT2D eigenvalue weighted by molar-refractivity contribution is 0.518. The lowest BCUT2D eigenvalue weighted by Crippen LogP contribution is -2.23. The van der Waals surface area contributed by atoms with Crippen molar-refractivity contribution < 1.29 is 0 Å². The van der Waals surface area contributed by atoms with E-state index in [2.05, 4.69) is 31.2 Å². The van der Waals surface area contributed by atoms with E-state index >= 15 is 0 Å². The Kier molecular flexibility index (Phi) is 2.73. The predicted molar refractivity (Wildman–Crippen MR) is 76.3 cm³/mol. The van der Waals surface area contributed by atoms with Gasteiger partial charge < -0.3 is 5.73 Å². The fourth-order valence-corrected chi connectivity index (χ4v) is 2.57. The van der Waals surface area contributed by atoms with E-state index in [1.165, 1.54) is 5.56 Å². The van der Waals surface area contributed by atoms with E-state index in [9.17, 15) is 4.79 Å². The third-order valence-electron chi connectivity index (χ3n) is 3.87. The van der Waals surface area contributed by atoms with Crippen molar-refractivity contribution in [1.29, 1.82) is 0 Å². The minimum atomic E-state index is -0.0648. The van der Waals surface area contributed by atoms with Gasteiger partial charge in [-0.1, -0.05) is 29.8 Å². The van der Waals surface area contributed by atoms with Crippen molar-refractivity contribution in [2.45, 2.75) is 32.2 Å². The largest absolute Gasteiger partial charge is 0.393 e. The van der Waals surface area contributed by atoms with Crippen LogP contribution in [0.2, 0.25) is 0 Å². The third kappa shape index (κ3) is 2.07. The zero-order valence-corrected chi connectivity index (χ0v) is 11.4. The minimum Gasteiger partial charge on any atom is -0.393 e. The highest BCUT2D eigenvalue weighted by molar-refractivity contribution is 5.45. The molecule has 1 saturated carbocycles. The fraction of sp³-hybridized carbons (Fsp3) is 0.400. The molecule has 1 aliphatic rings. The van der Waals surface area contributed by atoms with Gasteiger partial charge in [-0.05, 0) is 25.3 Å². The van der Waals surface area contributed by atoms with Crippen LogP contribution < -0.4 is 11.3 Å². The lowest BCUT2D eigenvalue weighted by atomic mass is 10.1. The highest BCUT2D eigenvalue weighted by Gasteiger charge is 2.31. The Morgan fingerprint density at radius 3 is 2.47 bits per heavy atom. The van der Waals surface area contributed by atoms with Crippen LogP contribution >= 0.6 is 0 Å². The second kappa shape index (κ2) is 4.30. The maximum absolute atomic E-state index is 12.2. The van der Waals surface area contributed by atoms with Gasteiger partial charge in [0, 0.05) is 13.0 Å². The first kappa shape index (κ1) is 12.1. The summed E-state index contributed by atoms with van der Waals surface area (Å²) >= 11 is 0. The van der Waals surface area contributed by atoms with Crippen LogP contribution in [-0.4, -0.2) is 9.36 Å². The summed E-state index contributed by atoms with van der Waals surface area (Å²) in [6.07, 6.45) is 2.29. The number of hydrogen-bond donors (Lipinski definition) is 1. The summed E-state index contributed by atoms with van der Waals surface area (Å²) in [4.78, 5) is 12.2. The van der Waals surface area contributed by atoms with Gasteiger partial charge in [0.25, 0.3) is 5.56 Å². The molecule has 0 radical (unpaired) electrons. The summed E-state index contributed by atoms with van der Waals surface area (Å²) < 4.78 is 3.67. The van der Waals surface area contributed by atoms with E-state index in [0.29, 0.717) is 18.2 Å². The first-order valence-corrected chi connectivity index (χ1v) is 6.68. The van der Waals surface area contributed by atoms with Crippen molar-refractivity contribution in [3.63, 3.8) is 0 Å². The highest BCUT2D eigenvalue weighted by atomic mass is 16.1. The summed E-state index contributed by atoms with van der Waals surface area (Å²) in [5.41, 5.74) is 9.69. The number of nitrogens with two attached hydrogens (primary N) is 1. The molecule has 2 aromatic rings. The molecule has 100 valence electrons.